The number of nitrogens with two attached hydrogens (primary N) is 1. The number of ether oxygens (including phenoxy) is 1. The first-order valence-corrected chi connectivity index (χ1v) is 9.45. The summed E-state index contributed by atoms with van der Waals surface area (Å²) in [5, 5.41) is 4.12. The minimum absolute atomic E-state index is 0. The molecule has 7 nitrogen and oxygen atoms in total. The first-order chi connectivity index (χ1) is 13.7. The van der Waals surface area contributed by atoms with Crippen LogP contribution in [0.1, 0.15) is 36.8 Å². The van der Waals surface area contributed by atoms with Gasteiger partial charge in [-0.2, -0.15) is 4.98 Å². The van der Waals surface area contributed by atoms with Crippen molar-refractivity contribution in [3.8, 4) is 5.75 Å². The summed E-state index contributed by atoms with van der Waals surface area (Å²) in [6.07, 6.45) is 2.90. The van der Waals surface area contributed by atoms with Crippen LogP contribution in [0.2, 0.25) is 0 Å². The van der Waals surface area contributed by atoms with Crippen molar-refractivity contribution in [1.82, 2.24) is 19.7 Å². The zero-order valence-corrected chi connectivity index (χ0v) is 16.6. The van der Waals surface area contributed by atoms with Gasteiger partial charge in [0.2, 0.25) is 5.89 Å². The van der Waals surface area contributed by atoms with Gasteiger partial charge in [-0.15, -0.1) is 12.4 Å². The van der Waals surface area contributed by atoms with E-state index in [1.807, 2.05) is 54.6 Å². The van der Waals surface area contributed by atoms with Crippen molar-refractivity contribution >= 4 is 23.4 Å². The van der Waals surface area contributed by atoms with Crippen LogP contribution in [0.25, 0.3) is 11.0 Å². The highest BCUT2D eigenvalue weighted by Crippen LogP contribution is 2.37. The zero-order valence-electron chi connectivity index (χ0n) is 15.8. The van der Waals surface area contributed by atoms with Crippen LogP contribution in [0.15, 0.2) is 59.1 Å². The third-order valence-electron chi connectivity index (χ3n) is 5.30. The van der Waals surface area contributed by atoms with E-state index in [0.29, 0.717) is 24.9 Å². The van der Waals surface area contributed by atoms with E-state index in [-0.39, 0.29) is 12.4 Å². The van der Waals surface area contributed by atoms with Crippen LogP contribution >= 0.6 is 12.4 Å². The Kier molecular flexibility index (Phi) is 5.25. The molecule has 1 saturated carbocycles. The molecule has 0 bridgehead atoms. The summed E-state index contributed by atoms with van der Waals surface area (Å²) < 4.78 is 13.5. The van der Waals surface area contributed by atoms with Gasteiger partial charge in [-0.1, -0.05) is 35.5 Å². The molecule has 0 aliphatic heterocycles. The molecule has 8 heteroatoms. The Labute approximate surface area is 174 Å². The van der Waals surface area contributed by atoms with Gasteiger partial charge in [0.05, 0.1) is 16.6 Å². The first kappa shape index (κ1) is 19.4. The molecule has 0 amide bonds. The minimum atomic E-state index is -0.433. The van der Waals surface area contributed by atoms with E-state index in [0.717, 1.165) is 41.9 Å². The summed E-state index contributed by atoms with van der Waals surface area (Å²) in [5.41, 5.74) is 7.79. The zero-order chi connectivity index (χ0) is 19.0. The smallest absolute Gasteiger partial charge is 0.246 e. The van der Waals surface area contributed by atoms with Gasteiger partial charge in [-0.25, -0.2) is 4.98 Å². The van der Waals surface area contributed by atoms with Crippen molar-refractivity contribution in [3.63, 3.8) is 0 Å². The fourth-order valence-corrected chi connectivity index (χ4v) is 3.51. The van der Waals surface area contributed by atoms with Gasteiger partial charge in [0, 0.05) is 0 Å². The molecule has 150 valence electrons. The number of fused-ring (bicyclic) bond motifs is 1. The van der Waals surface area contributed by atoms with E-state index < -0.39 is 5.54 Å². The Morgan fingerprint density at radius 1 is 1.03 bits per heavy atom. The van der Waals surface area contributed by atoms with Gasteiger partial charge >= 0.3 is 0 Å². The molecule has 0 radical (unpaired) electrons. The van der Waals surface area contributed by atoms with Crippen LogP contribution in [0.3, 0.4) is 0 Å². The molecule has 1 fully saturated rings. The largest absolute Gasteiger partial charge is 0.486 e. The lowest BCUT2D eigenvalue weighted by Crippen LogP contribution is -2.44. The van der Waals surface area contributed by atoms with Crippen molar-refractivity contribution in [1.29, 1.82) is 0 Å². The Hall–Kier alpha value is -2.90. The second-order valence-corrected chi connectivity index (χ2v) is 7.23. The van der Waals surface area contributed by atoms with Gasteiger partial charge in [-0.05, 0) is 43.5 Å². The normalized spacial score (nSPS) is 14.9. The van der Waals surface area contributed by atoms with Gasteiger partial charge in [0.1, 0.15) is 24.7 Å². The molecule has 5 rings (SSSR count). The van der Waals surface area contributed by atoms with Gasteiger partial charge in [-0.3, -0.25) is 0 Å². The van der Waals surface area contributed by atoms with E-state index in [1.165, 1.54) is 0 Å². The average Bonchev–Trinajstić information content (AvgIpc) is 3.31. The molecular weight excluding hydrogens is 390 g/mol. The minimum Gasteiger partial charge on any atom is -0.486 e. The fourth-order valence-electron chi connectivity index (χ4n) is 3.51. The topological polar surface area (TPSA) is 92.0 Å². The second kappa shape index (κ2) is 7.85. The average molecular weight is 412 g/mol. The summed E-state index contributed by atoms with van der Waals surface area (Å²) in [4.78, 5) is 9.28. The van der Waals surface area contributed by atoms with E-state index in [9.17, 15) is 0 Å². The SMILES string of the molecule is Cl.NC1(c2noc(Cn3c(COc4ccccc4)nc4ccccc43)n2)CCC1. The number of benzene rings is 2. The Morgan fingerprint density at radius 2 is 1.79 bits per heavy atom. The number of halogens is 1. The number of hydrogen-bond acceptors (Lipinski definition) is 6. The maximum Gasteiger partial charge on any atom is 0.246 e. The molecule has 0 atom stereocenters. The van der Waals surface area contributed by atoms with E-state index in [1.54, 1.807) is 0 Å². The van der Waals surface area contributed by atoms with Crippen LogP contribution in [-0.2, 0) is 18.7 Å². The lowest BCUT2D eigenvalue weighted by molar-refractivity contribution is 0.228. The van der Waals surface area contributed by atoms with Crippen molar-refractivity contribution in [2.75, 3.05) is 0 Å². The fraction of sp³-hybridized carbons (Fsp3) is 0.286. The summed E-state index contributed by atoms with van der Waals surface area (Å²) in [5.74, 6) is 2.73. The molecular formula is C21H22ClN5O2. The Morgan fingerprint density at radius 3 is 2.55 bits per heavy atom. The third kappa shape index (κ3) is 3.71. The van der Waals surface area contributed by atoms with E-state index >= 15 is 0 Å². The maximum atomic E-state index is 6.32. The number of aromatic nitrogens is 4. The van der Waals surface area contributed by atoms with Gasteiger partial charge in [0.15, 0.2) is 5.82 Å². The second-order valence-electron chi connectivity index (χ2n) is 7.23. The van der Waals surface area contributed by atoms with Crippen LogP contribution in [0, 0.1) is 0 Å². The molecule has 0 unspecified atom stereocenters. The first-order valence-electron chi connectivity index (χ1n) is 9.45. The predicted octanol–water partition coefficient (Wildman–Crippen LogP) is 3.81. The highest BCUT2D eigenvalue weighted by Gasteiger charge is 2.39. The summed E-state index contributed by atoms with van der Waals surface area (Å²) in [6.45, 7) is 0.775. The monoisotopic (exact) mass is 411 g/mol. The Bertz CT molecular complexity index is 1100. The lowest BCUT2D eigenvalue weighted by atomic mass is 9.77. The van der Waals surface area contributed by atoms with E-state index in [2.05, 4.69) is 14.7 Å². The van der Waals surface area contributed by atoms with Crippen molar-refractivity contribution in [3.05, 3.63) is 72.1 Å². The molecule has 1 aliphatic carbocycles. The highest BCUT2D eigenvalue weighted by atomic mass is 35.5. The quantitative estimate of drug-likeness (QED) is 0.518. The summed E-state index contributed by atoms with van der Waals surface area (Å²) in [7, 11) is 0. The van der Waals surface area contributed by atoms with Gasteiger partial charge < -0.3 is 19.6 Å². The molecule has 0 saturated heterocycles. The molecule has 29 heavy (non-hydrogen) atoms. The van der Waals surface area contributed by atoms with E-state index in [4.69, 9.17) is 20.0 Å². The predicted molar refractivity (Wildman–Crippen MR) is 111 cm³/mol. The molecule has 2 N–H and O–H groups in total. The molecule has 2 aromatic carbocycles. The molecule has 1 aliphatic rings. The molecule has 0 spiro atoms. The number of imidazole rings is 1. The lowest BCUT2D eigenvalue weighted by Gasteiger charge is -2.34. The number of nitrogens with zero attached hydrogens (tertiary/aromatic N) is 4. The van der Waals surface area contributed by atoms with Crippen molar-refractivity contribution in [2.45, 2.75) is 38.0 Å². The van der Waals surface area contributed by atoms with Crippen LogP contribution in [0.4, 0.5) is 0 Å². The molecule has 2 aromatic heterocycles. The summed E-state index contributed by atoms with van der Waals surface area (Å²) >= 11 is 0. The summed E-state index contributed by atoms with van der Waals surface area (Å²) in [6, 6.07) is 17.7. The van der Waals surface area contributed by atoms with Crippen LogP contribution < -0.4 is 10.5 Å². The third-order valence-corrected chi connectivity index (χ3v) is 5.30. The Balaban J connectivity index is 0.00000205. The standard InChI is InChI=1S/C21H21N5O2.ClH/c22-21(11-6-12-21)20-24-19(28-25-20)13-26-17-10-5-4-9-16(17)23-18(26)14-27-15-7-2-1-3-8-15;/h1-5,7-10H,6,11-14,22H2;1H. The maximum absolute atomic E-state index is 6.32. The highest BCUT2D eigenvalue weighted by molar-refractivity contribution is 5.85. The van der Waals surface area contributed by atoms with Crippen LogP contribution in [0.5, 0.6) is 5.75 Å². The van der Waals surface area contributed by atoms with Crippen LogP contribution in [-0.4, -0.2) is 19.7 Å². The number of hydrogen-bond donors (Lipinski definition) is 1. The van der Waals surface area contributed by atoms with Crippen molar-refractivity contribution in [2.24, 2.45) is 5.73 Å². The van der Waals surface area contributed by atoms with Gasteiger partial charge in [0.25, 0.3) is 0 Å². The van der Waals surface area contributed by atoms with Crippen molar-refractivity contribution < 1.29 is 9.26 Å². The number of para-hydroxylation sites is 3. The number of rotatable bonds is 6. The molecule has 2 heterocycles. The molecule has 4 aromatic rings.